The largest absolute Gasteiger partial charge is 0.479 e. The number of rotatable bonds is 4. The van der Waals surface area contributed by atoms with Crippen molar-refractivity contribution in [2.45, 2.75) is 13.0 Å². The van der Waals surface area contributed by atoms with Crippen molar-refractivity contribution in [2.24, 2.45) is 0 Å². The molecule has 1 unspecified atom stereocenters. The van der Waals surface area contributed by atoms with Crippen LogP contribution >= 0.6 is 0 Å². The molecule has 0 spiro atoms. The van der Waals surface area contributed by atoms with Gasteiger partial charge in [0.05, 0.1) is 0 Å². The third-order valence-electron chi connectivity index (χ3n) is 3.02. The lowest BCUT2D eigenvalue weighted by molar-refractivity contribution is -0.139. The van der Waals surface area contributed by atoms with E-state index in [1.807, 2.05) is 13.0 Å². The monoisotopic (exact) mass is 287 g/mol. The van der Waals surface area contributed by atoms with Crippen LogP contribution in [0, 0.1) is 12.7 Å². The third-order valence-corrected chi connectivity index (χ3v) is 3.02. The number of carbonyl (C=O) groups excluding carboxylic acids is 1. The van der Waals surface area contributed by atoms with Gasteiger partial charge >= 0.3 is 5.97 Å². The molecule has 0 radical (unpaired) electrons. The Balaban J connectivity index is 2.27. The van der Waals surface area contributed by atoms with Crippen molar-refractivity contribution in [3.05, 3.63) is 71.0 Å². The fraction of sp³-hybridized carbons (Fsp3) is 0.125. The van der Waals surface area contributed by atoms with E-state index in [9.17, 15) is 19.1 Å². The van der Waals surface area contributed by atoms with Crippen molar-refractivity contribution in [3.63, 3.8) is 0 Å². The van der Waals surface area contributed by atoms with E-state index in [2.05, 4.69) is 5.32 Å². The van der Waals surface area contributed by atoms with Gasteiger partial charge in [0.15, 0.2) is 6.04 Å². The quantitative estimate of drug-likeness (QED) is 0.908. The maximum Gasteiger partial charge on any atom is 0.331 e. The minimum absolute atomic E-state index is 0.0778. The predicted octanol–water partition coefficient (Wildman–Crippen LogP) is 2.69. The summed E-state index contributed by atoms with van der Waals surface area (Å²) in [6, 6.07) is 10.8. The molecule has 108 valence electrons. The van der Waals surface area contributed by atoms with Gasteiger partial charge in [0.2, 0.25) is 0 Å². The van der Waals surface area contributed by atoms with E-state index in [1.165, 1.54) is 18.2 Å². The average molecular weight is 287 g/mol. The molecule has 0 heterocycles. The number of aliphatic carboxylic acids is 1. The Kier molecular flexibility index (Phi) is 4.33. The molecule has 4 nitrogen and oxygen atoms in total. The Morgan fingerprint density at radius 1 is 1.14 bits per heavy atom. The van der Waals surface area contributed by atoms with Crippen LogP contribution in [0.4, 0.5) is 4.39 Å². The van der Waals surface area contributed by atoms with E-state index < -0.39 is 23.7 Å². The minimum Gasteiger partial charge on any atom is -0.479 e. The van der Waals surface area contributed by atoms with Crippen molar-refractivity contribution < 1.29 is 19.1 Å². The first kappa shape index (κ1) is 14.7. The highest BCUT2D eigenvalue weighted by atomic mass is 19.1. The summed E-state index contributed by atoms with van der Waals surface area (Å²) in [6.45, 7) is 1.82. The first-order chi connectivity index (χ1) is 9.99. The molecular formula is C16H14FNO3. The maximum atomic E-state index is 13.7. The first-order valence-electron chi connectivity index (χ1n) is 6.34. The van der Waals surface area contributed by atoms with E-state index in [1.54, 1.807) is 18.2 Å². The molecule has 1 amide bonds. The minimum atomic E-state index is -1.43. The molecular weight excluding hydrogens is 273 g/mol. The molecule has 5 heteroatoms. The number of aryl methyl sites for hydroxylation is 1. The van der Waals surface area contributed by atoms with Crippen molar-refractivity contribution >= 4 is 11.9 Å². The van der Waals surface area contributed by atoms with Crippen molar-refractivity contribution in [3.8, 4) is 0 Å². The first-order valence-corrected chi connectivity index (χ1v) is 6.34. The second-order valence-corrected chi connectivity index (χ2v) is 4.64. The summed E-state index contributed by atoms with van der Waals surface area (Å²) < 4.78 is 13.7. The lowest BCUT2D eigenvalue weighted by Crippen LogP contribution is -2.34. The van der Waals surface area contributed by atoms with Gasteiger partial charge in [0, 0.05) is 11.1 Å². The fourth-order valence-corrected chi connectivity index (χ4v) is 1.98. The Labute approximate surface area is 121 Å². The van der Waals surface area contributed by atoms with E-state index in [0.29, 0.717) is 5.56 Å². The van der Waals surface area contributed by atoms with E-state index in [0.717, 1.165) is 11.6 Å². The SMILES string of the molecule is Cc1cccc(C(=O)NC(C(=O)O)c2ccccc2F)c1. The Bertz CT molecular complexity index is 685. The normalized spacial score (nSPS) is 11.7. The van der Waals surface area contributed by atoms with Gasteiger partial charge in [-0.05, 0) is 25.1 Å². The number of halogens is 1. The van der Waals surface area contributed by atoms with Crippen LogP contribution in [0.25, 0.3) is 0 Å². The summed E-state index contributed by atoms with van der Waals surface area (Å²) in [6.07, 6.45) is 0. The highest BCUT2D eigenvalue weighted by molar-refractivity contribution is 5.97. The molecule has 0 fully saturated rings. The van der Waals surface area contributed by atoms with Crippen LogP contribution in [0.3, 0.4) is 0 Å². The summed E-state index contributed by atoms with van der Waals surface area (Å²) in [7, 11) is 0. The van der Waals surface area contributed by atoms with E-state index in [4.69, 9.17) is 0 Å². The van der Waals surface area contributed by atoms with Crippen molar-refractivity contribution in [2.75, 3.05) is 0 Å². The second-order valence-electron chi connectivity index (χ2n) is 4.64. The highest BCUT2D eigenvalue weighted by Crippen LogP contribution is 2.18. The Morgan fingerprint density at radius 3 is 2.48 bits per heavy atom. The number of hydrogen-bond donors (Lipinski definition) is 2. The van der Waals surface area contributed by atoms with Crippen LogP contribution in [0.15, 0.2) is 48.5 Å². The molecule has 2 aromatic carbocycles. The Hall–Kier alpha value is -2.69. The number of benzene rings is 2. The molecule has 0 bridgehead atoms. The molecule has 0 saturated carbocycles. The summed E-state index contributed by atoms with van der Waals surface area (Å²) in [5.41, 5.74) is 1.13. The molecule has 1 atom stereocenters. The molecule has 0 aliphatic heterocycles. The van der Waals surface area contributed by atoms with Crippen LogP contribution in [-0.2, 0) is 4.79 Å². The molecule has 0 aromatic heterocycles. The number of nitrogens with one attached hydrogen (secondary N) is 1. The fourth-order valence-electron chi connectivity index (χ4n) is 1.98. The second kappa shape index (κ2) is 6.17. The molecule has 0 aliphatic carbocycles. The lowest BCUT2D eigenvalue weighted by Gasteiger charge is -2.15. The number of hydrogen-bond acceptors (Lipinski definition) is 2. The zero-order valence-corrected chi connectivity index (χ0v) is 11.3. The molecule has 0 aliphatic rings. The van der Waals surface area contributed by atoms with Crippen molar-refractivity contribution in [1.29, 1.82) is 0 Å². The Morgan fingerprint density at radius 2 is 1.86 bits per heavy atom. The molecule has 21 heavy (non-hydrogen) atoms. The summed E-state index contributed by atoms with van der Waals surface area (Å²) in [4.78, 5) is 23.4. The van der Waals surface area contributed by atoms with Crippen molar-refractivity contribution in [1.82, 2.24) is 5.32 Å². The maximum absolute atomic E-state index is 13.7. The van der Waals surface area contributed by atoms with Crippen LogP contribution in [0.2, 0.25) is 0 Å². The van der Waals surface area contributed by atoms with Gasteiger partial charge in [-0.3, -0.25) is 4.79 Å². The lowest BCUT2D eigenvalue weighted by atomic mass is 10.1. The van der Waals surface area contributed by atoms with E-state index >= 15 is 0 Å². The third kappa shape index (κ3) is 3.45. The number of carboxylic acid groups (broad SMARTS) is 1. The zero-order chi connectivity index (χ0) is 15.4. The number of amides is 1. The smallest absolute Gasteiger partial charge is 0.331 e. The van der Waals surface area contributed by atoms with Gasteiger partial charge < -0.3 is 10.4 Å². The molecule has 2 rings (SSSR count). The van der Waals surface area contributed by atoms with Gasteiger partial charge in [-0.1, -0.05) is 35.9 Å². The van der Waals surface area contributed by atoms with Gasteiger partial charge in [-0.2, -0.15) is 0 Å². The van der Waals surface area contributed by atoms with E-state index in [-0.39, 0.29) is 5.56 Å². The zero-order valence-electron chi connectivity index (χ0n) is 11.3. The molecule has 0 saturated heterocycles. The van der Waals surface area contributed by atoms with Crippen LogP contribution in [0.5, 0.6) is 0 Å². The number of carbonyl (C=O) groups is 2. The molecule has 2 aromatic rings. The highest BCUT2D eigenvalue weighted by Gasteiger charge is 2.25. The van der Waals surface area contributed by atoms with Crippen LogP contribution < -0.4 is 5.32 Å². The summed E-state index contributed by atoms with van der Waals surface area (Å²) >= 11 is 0. The summed E-state index contributed by atoms with van der Waals surface area (Å²) in [5.74, 6) is -2.55. The van der Waals surface area contributed by atoms with Gasteiger partial charge in [-0.25, -0.2) is 9.18 Å². The topological polar surface area (TPSA) is 66.4 Å². The van der Waals surface area contributed by atoms with Crippen LogP contribution in [0.1, 0.15) is 27.5 Å². The van der Waals surface area contributed by atoms with Gasteiger partial charge in [0.1, 0.15) is 5.82 Å². The predicted molar refractivity (Wildman–Crippen MR) is 75.4 cm³/mol. The number of carboxylic acids is 1. The van der Waals surface area contributed by atoms with Gasteiger partial charge in [0.25, 0.3) is 5.91 Å². The van der Waals surface area contributed by atoms with Gasteiger partial charge in [-0.15, -0.1) is 0 Å². The average Bonchev–Trinajstić information content (AvgIpc) is 2.45. The summed E-state index contributed by atoms with van der Waals surface area (Å²) in [5, 5.41) is 11.6. The molecule has 2 N–H and O–H groups in total. The van der Waals surface area contributed by atoms with Crippen LogP contribution in [-0.4, -0.2) is 17.0 Å². The standard InChI is InChI=1S/C16H14FNO3/c1-10-5-4-6-11(9-10)15(19)18-14(16(20)21)12-7-2-3-8-13(12)17/h2-9,14H,1H3,(H,18,19)(H,20,21).